The normalized spacial score (nSPS) is 14.6. The van der Waals surface area contributed by atoms with Gasteiger partial charge in [0, 0.05) is 17.7 Å². The predicted octanol–water partition coefficient (Wildman–Crippen LogP) is 2.68. The van der Waals surface area contributed by atoms with Crippen LogP contribution in [0.25, 0.3) is 0 Å². The summed E-state index contributed by atoms with van der Waals surface area (Å²) in [6.07, 6.45) is 1.21. The molecular weight excluding hydrogens is 306 g/mol. The molecule has 2 aromatic rings. The van der Waals surface area contributed by atoms with E-state index in [9.17, 15) is 4.79 Å². The van der Waals surface area contributed by atoms with Crippen molar-refractivity contribution in [2.75, 3.05) is 6.54 Å². The molecule has 116 valence electrons. The summed E-state index contributed by atoms with van der Waals surface area (Å²) in [4.78, 5) is 11.9. The lowest BCUT2D eigenvalue weighted by Crippen LogP contribution is -2.34. The second kappa shape index (κ2) is 7.15. The standard InChI is InChI=1S/C18H17N3OS/c22-17-12-16(14-8-4-5-9-15(14)17)20-21-18(23)19-11-10-13-6-2-1-3-7-13/h1-9H,10-12H2,(H2,19,21,23)/b20-16-. The molecule has 0 unspecified atom stereocenters. The minimum atomic E-state index is 0.101. The van der Waals surface area contributed by atoms with E-state index >= 15 is 0 Å². The largest absolute Gasteiger partial charge is 0.361 e. The summed E-state index contributed by atoms with van der Waals surface area (Å²) >= 11 is 5.22. The Balaban J connectivity index is 1.52. The number of carbonyl (C=O) groups is 1. The lowest BCUT2D eigenvalue weighted by molar-refractivity contribution is 0.101. The number of Topliss-reactive ketones (excluding diaryl/α,β-unsaturated/α-hetero) is 1. The Morgan fingerprint density at radius 1 is 1.04 bits per heavy atom. The molecule has 23 heavy (non-hydrogen) atoms. The molecule has 0 saturated carbocycles. The van der Waals surface area contributed by atoms with Gasteiger partial charge in [0.2, 0.25) is 0 Å². The second-order valence-electron chi connectivity index (χ2n) is 5.31. The molecule has 5 heteroatoms. The van der Waals surface area contributed by atoms with Crippen LogP contribution in [0, 0.1) is 0 Å². The van der Waals surface area contributed by atoms with Gasteiger partial charge in [0.25, 0.3) is 0 Å². The van der Waals surface area contributed by atoms with Gasteiger partial charge in [0.15, 0.2) is 10.9 Å². The number of benzene rings is 2. The van der Waals surface area contributed by atoms with Crippen LogP contribution in [0.2, 0.25) is 0 Å². The molecule has 0 bridgehead atoms. The fraction of sp³-hybridized carbons (Fsp3) is 0.167. The van der Waals surface area contributed by atoms with Gasteiger partial charge < -0.3 is 5.32 Å². The third-order valence-corrected chi connectivity index (χ3v) is 3.94. The molecule has 0 aromatic heterocycles. The third-order valence-electron chi connectivity index (χ3n) is 3.70. The van der Waals surface area contributed by atoms with Crippen LogP contribution in [-0.4, -0.2) is 23.2 Å². The Morgan fingerprint density at radius 3 is 2.52 bits per heavy atom. The number of rotatable bonds is 4. The van der Waals surface area contributed by atoms with Crippen molar-refractivity contribution < 1.29 is 4.79 Å². The first-order chi connectivity index (χ1) is 11.2. The highest BCUT2D eigenvalue weighted by molar-refractivity contribution is 7.80. The van der Waals surface area contributed by atoms with Gasteiger partial charge in [0.05, 0.1) is 12.1 Å². The molecule has 0 fully saturated rings. The highest BCUT2D eigenvalue weighted by atomic mass is 32.1. The van der Waals surface area contributed by atoms with Crippen LogP contribution in [0.15, 0.2) is 59.7 Å². The van der Waals surface area contributed by atoms with Crippen molar-refractivity contribution in [3.63, 3.8) is 0 Å². The summed E-state index contributed by atoms with van der Waals surface area (Å²) < 4.78 is 0. The summed E-state index contributed by atoms with van der Waals surface area (Å²) in [5.41, 5.74) is 6.44. The molecule has 2 N–H and O–H groups in total. The van der Waals surface area contributed by atoms with Crippen LogP contribution in [0.5, 0.6) is 0 Å². The highest BCUT2D eigenvalue weighted by Crippen LogP contribution is 2.21. The summed E-state index contributed by atoms with van der Waals surface area (Å²) in [6.45, 7) is 0.732. The maximum Gasteiger partial charge on any atom is 0.186 e. The molecule has 1 aliphatic rings. The molecule has 0 atom stereocenters. The van der Waals surface area contributed by atoms with E-state index in [-0.39, 0.29) is 5.78 Å². The summed E-state index contributed by atoms with van der Waals surface area (Å²) in [5, 5.41) is 7.86. The summed E-state index contributed by atoms with van der Waals surface area (Å²) in [5.74, 6) is 0.101. The van der Waals surface area contributed by atoms with Gasteiger partial charge in [0.1, 0.15) is 0 Å². The van der Waals surface area contributed by atoms with E-state index < -0.39 is 0 Å². The topological polar surface area (TPSA) is 53.5 Å². The van der Waals surface area contributed by atoms with E-state index in [1.807, 2.05) is 42.5 Å². The molecular formula is C18H17N3OS. The van der Waals surface area contributed by atoms with Crippen molar-refractivity contribution in [3.05, 3.63) is 71.3 Å². The number of ketones is 1. The molecule has 0 radical (unpaired) electrons. The molecule has 2 aromatic carbocycles. The van der Waals surface area contributed by atoms with E-state index in [0.29, 0.717) is 11.5 Å². The first-order valence-corrected chi connectivity index (χ1v) is 7.92. The van der Waals surface area contributed by atoms with Gasteiger partial charge in [-0.05, 0) is 24.2 Å². The van der Waals surface area contributed by atoms with E-state index in [2.05, 4.69) is 28.0 Å². The van der Waals surface area contributed by atoms with Gasteiger partial charge in [-0.25, -0.2) is 0 Å². The Bertz CT molecular complexity index is 756. The molecule has 0 amide bonds. The molecule has 0 saturated heterocycles. The van der Waals surface area contributed by atoms with Gasteiger partial charge in [-0.1, -0.05) is 54.6 Å². The van der Waals surface area contributed by atoms with Crippen LogP contribution < -0.4 is 10.7 Å². The van der Waals surface area contributed by atoms with Crippen LogP contribution in [-0.2, 0) is 6.42 Å². The minimum Gasteiger partial charge on any atom is -0.361 e. The molecule has 1 aliphatic carbocycles. The van der Waals surface area contributed by atoms with Crippen molar-refractivity contribution in [3.8, 4) is 0 Å². The van der Waals surface area contributed by atoms with Crippen molar-refractivity contribution in [2.45, 2.75) is 12.8 Å². The first-order valence-electron chi connectivity index (χ1n) is 7.51. The number of hydrogen-bond acceptors (Lipinski definition) is 3. The SMILES string of the molecule is O=C1C/C(=N/NC(=S)NCCc2ccccc2)c2ccccc21. The molecule has 3 rings (SSSR count). The van der Waals surface area contributed by atoms with Crippen LogP contribution >= 0.6 is 12.2 Å². The smallest absolute Gasteiger partial charge is 0.186 e. The zero-order chi connectivity index (χ0) is 16.1. The lowest BCUT2D eigenvalue weighted by atomic mass is 10.1. The van der Waals surface area contributed by atoms with Gasteiger partial charge in [-0.3, -0.25) is 10.2 Å². The maximum absolute atomic E-state index is 11.9. The Labute approximate surface area is 140 Å². The number of hydrazone groups is 1. The lowest BCUT2D eigenvalue weighted by Gasteiger charge is -2.08. The van der Waals surface area contributed by atoms with Crippen molar-refractivity contribution in [1.29, 1.82) is 0 Å². The van der Waals surface area contributed by atoms with E-state index in [0.717, 1.165) is 29.8 Å². The monoisotopic (exact) mass is 323 g/mol. The summed E-state index contributed by atoms with van der Waals surface area (Å²) in [6, 6.07) is 17.7. The fourth-order valence-corrected chi connectivity index (χ4v) is 2.69. The fourth-order valence-electron chi connectivity index (χ4n) is 2.54. The third kappa shape index (κ3) is 3.81. The Morgan fingerprint density at radius 2 is 1.74 bits per heavy atom. The quantitative estimate of drug-likeness (QED) is 0.671. The Kier molecular flexibility index (Phi) is 4.78. The molecule has 0 aliphatic heterocycles. The maximum atomic E-state index is 11.9. The predicted molar refractivity (Wildman–Crippen MR) is 95.8 cm³/mol. The Hall–Kier alpha value is -2.53. The van der Waals surface area contributed by atoms with Crippen molar-refractivity contribution >= 4 is 28.8 Å². The number of hydrogen-bond donors (Lipinski definition) is 2. The number of nitrogens with zero attached hydrogens (tertiary/aromatic N) is 1. The summed E-state index contributed by atoms with van der Waals surface area (Å²) in [7, 11) is 0. The highest BCUT2D eigenvalue weighted by Gasteiger charge is 2.24. The van der Waals surface area contributed by atoms with Crippen molar-refractivity contribution in [1.82, 2.24) is 10.7 Å². The van der Waals surface area contributed by atoms with Crippen LogP contribution in [0.4, 0.5) is 0 Å². The average molecular weight is 323 g/mol. The zero-order valence-corrected chi connectivity index (χ0v) is 13.4. The average Bonchev–Trinajstić information content (AvgIpc) is 2.91. The van der Waals surface area contributed by atoms with E-state index in [4.69, 9.17) is 12.2 Å². The van der Waals surface area contributed by atoms with Crippen molar-refractivity contribution in [2.24, 2.45) is 5.10 Å². The molecule has 0 spiro atoms. The number of thiocarbonyl (C=S) groups is 1. The number of carbonyl (C=O) groups excluding carboxylic acids is 1. The van der Waals surface area contributed by atoms with Crippen LogP contribution in [0.1, 0.15) is 27.9 Å². The van der Waals surface area contributed by atoms with E-state index in [1.54, 1.807) is 0 Å². The molecule has 4 nitrogen and oxygen atoms in total. The zero-order valence-electron chi connectivity index (χ0n) is 12.6. The van der Waals surface area contributed by atoms with Gasteiger partial charge in [-0.15, -0.1) is 0 Å². The number of fused-ring (bicyclic) bond motifs is 1. The van der Waals surface area contributed by atoms with Gasteiger partial charge in [-0.2, -0.15) is 5.10 Å². The molecule has 0 heterocycles. The van der Waals surface area contributed by atoms with E-state index in [1.165, 1.54) is 5.56 Å². The van der Waals surface area contributed by atoms with Crippen LogP contribution in [0.3, 0.4) is 0 Å². The minimum absolute atomic E-state index is 0.101. The first kappa shape index (κ1) is 15.4. The van der Waals surface area contributed by atoms with Gasteiger partial charge >= 0.3 is 0 Å². The second-order valence-corrected chi connectivity index (χ2v) is 5.72. The number of nitrogens with one attached hydrogen (secondary N) is 2.